The maximum atomic E-state index is 14.2. The van der Waals surface area contributed by atoms with Gasteiger partial charge in [-0.2, -0.15) is 0 Å². The number of aryl methyl sites for hydroxylation is 2. The maximum Gasteiger partial charge on any atom is 0.257 e. The summed E-state index contributed by atoms with van der Waals surface area (Å²) in [7, 11) is 1.58. The lowest BCUT2D eigenvalue weighted by Gasteiger charge is -2.33. The van der Waals surface area contributed by atoms with E-state index >= 15 is 0 Å². The number of fused-ring (bicyclic) bond motifs is 1. The minimum absolute atomic E-state index is 0.0972. The number of hydrogen-bond acceptors (Lipinski definition) is 9. The molecular formula is C38H41Cl2N11O2. The Morgan fingerprint density at radius 1 is 0.925 bits per heavy atom. The fraction of sp³-hybridized carbons (Fsp3) is 0.368. The van der Waals surface area contributed by atoms with E-state index in [4.69, 9.17) is 32.9 Å². The Labute approximate surface area is 317 Å². The van der Waals surface area contributed by atoms with E-state index in [1.807, 2.05) is 41.8 Å². The van der Waals surface area contributed by atoms with Crippen molar-refractivity contribution in [1.29, 1.82) is 0 Å². The van der Waals surface area contributed by atoms with E-state index in [9.17, 15) is 4.79 Å². The van der Waals surface area contributed by atoms with E-state index < -0.39 is 0 Å². The van der Waals surface area contributed by atoms with E-state index in [1.54, 1.807) is 19.2 Å². The summed E-state index contributed by atoms with van der Waals surface area (Å²) in [6.07, 6.45) is 9.86. The van der Waals surface area contributed by atoms with Gasteiger partial charge in [-0.3, -0.25) is 4.79 Å². The largest absolute Gasteiger partial charge is 0.496 e. The van der Waals surface area contributed by atoms with Crippen LogP contribution in [0.3, 0.4) is 0 Å². The first-order valence-electron chi connectivity index (χ1n) is 18.0. The molecule has 0 saturated carbocycles. The zero-order valence-corrected chi connectivity index (χ0v) is 31.1. The van der Waals surface area contributed by atoms with Crippen LogP contribution in [0.25, 0.3) is 16.7 Å². The lowest BCUT2D eigenvalue weighted by molar-refractivity contribution is 0.0777. The number of rotatable bonds is 11. The fourth-order valence-electron chi connectivity index (χ4n) is 7.84. The maximum absolute atomic E-state index is 14.2. The van der Waals surface area contributed by atoms with E-state index in [0.717, 1.165) is 87.6 Å². The van der Waals surface area contributed by atoms with Crippen molar-refractivity contribution in [2.24, 2.45) is 0 Å². The van der Waals surface area contributed by atoms with Crippen molar-refractivity contribution in [1.82, 2.24) is 49.1 Å². The van der Waals surface area contributed by atoms with Crippen molar-refractivity contribution in [2.75, 3.05) is 57.8 Å². The second-order valence-corrected chi connectivity index (χ2v) is 14.6. The molecule has 274 valence electrons. The average Bonchev–Trinajstić information content (AvgIpc) is 4.01. The van der Waals surface area contributed by atoms with Crippen LogP contribution >= 0.6 is 23.2 Å². The van der Waals surface area contributed by atoms with Gasteiger partial charge in [0.15, 0.2) is 0 Å². The van der Waals surface area contributed by atoms with Gasteiger partial charge in [-0.05, 0) is 90.8 Å². The van der Waals surface area contributed by atoms with Crippen molar-refractivity contribution in [2.45, 2.75) is 37.8 Å². The zero-order chi connectivity index (χ0) is 36.4. The first-order chi connectivity index (χ1) is 25.9. The van der Waals surface area contributed by atoms with Gasteiger partial charge in [-0.15, -0.1) is 5.10 Å². The number of benzene rings is 3. The van der Waals surface area contributed by atoms with E-state index in [0.29, 0.717) is 40.1 Å². The molecule has 1 atom stereocenters. The van der Waals surface area contributed by atoms with Crippen LogP contribution in [-0.2, 0) is 18.5 Å². The molecule has 3 aromatic heterocycles. The Morgan fingerprint density at radius 2 is 1.83 bits per heavy atom. The molecule has 5 heterocycles. The number of imidazole rings is 2. The predicted octanol–water partition coefficient (Wildman–Crippen LogP) is 5.61. The van der Waals surface area contributed by atoms with Crippen LogP contribution < -0.4 is 9.64 Å². The number of nitrogens with zero attached hydrogens (tertiary/aromatic N) is 11. The Morgan fingerprint density at radius 3 is 2.64 bits per heavy atom. The lowest BCUT2D eigenvalue weighted by Crippen LogP contribution is -2.39. The first kappa shape index (κ1) is 35.1. The number of methoxy groups -OCH3 is 1. The number of likely N-dealkylation sites (tertiary alicyclic amines) is 1. The van der Waals surface area contributed by atoms with Gasteiger partial charge < -0.3 is 28.6 Å². The first-order valence-corrected chi connectivity index (χ1v) is 18.7. The second-order valence-electron chi connectivity index (χ2n) is 13.8. The molecule has 2 aliphatic heterocycles. The highest BCUT2D eigenvalue weighted by Crippen LogP contribution is 2.41. The van der Waals surface area contributed by atoms with Crippen LogP contribution in [0.5, 0.6) is 5.75 Å². The van der Waals surface area contributed by atoms with Gasteiger partial charge in [-0.1, -0.05) is 41.4 Å². The normalized spacial score (nSPS) is 18.2. The number of amides is 1. The number of carbonyl (C=O) groups is 1. The molecular weight excluding hydrogens is 713 g/mol. The van der Waals surface area contributed by atoms with Crippen molar-refractivity contribution < 1.29 is 9.53 Å². The van der Waals surface area contributed by atoms with Gasteiger partial charge in [0.2, 0.25) is 5.95 Å². The van der Waals surface area contributed by atoms with E-state index in [1.165, 1.54) is 11.0 Å². The Bertz CT molecular complexity index is 2190. The fourth-order valence-corrected chi connectivity index (χ4v) is 8.14. The van der Waals surface area contributed by atoms with Gasteiger partial charge in [0, 0.05) is 63.6 Å². The highest BCUT2D eigenvalue weighted by Gasteiger charge is 2.42. The number of aromatic nitrogens is 8. The standard InChI is InChI=1S/C38H41Cl2N11O2/c1-53-35-10-8-29(51-27-42-44-45-51)24-30(35)36(52)49-17-12-38(25-49,28-7-9-31(39)32(40)23-28)11-16-46-14-4-15-48(21-19-46)37-43-33-5-2-3-6-34(33)50(37)22-20-47-18-13-41-26-47/h2-3,5-10,13,18,23-24,26-27H,4,11-12,14-17,19-22,25H2,1H3. The number of para-hydroxylation sites is 2. The molecule has 8 rings (SSSR count). The number of anilines is 1. The summed E-state index contributed by atoms with van der Waals surface area (Å²) in [6.45, 7) is 7.34. The highest BCUT2D eigenvalue weighted by atomic mass is 35.5. The summed E-state index contributed by atoms with van der Waals surface area (Å²) in [4.78, 5) is 30.5. The molecule has 2 aliphatic rings. The third-order valence-electron chi connectivity index (χ3n) is 10.8. The SMILES string of the molecule is COc1ccc(-n2cnnn2)cc1C(=O)N1CCC(CCN2CCCN(c3nc4ccccc4n3CCn3ccnc3)CC2)(c2ccc(Cl)c(Cl)c2)C1. The molecule has 15 heteroatoms. The minimum atomic E-state index is -0.308. The van der Waals surface area contributed by atoms with Gasteiger partial charge in [0.05, 0.1) is 45.8 Å². The molecule has 1 amide bonds. The predicted molar refractivity (Wildman–Crippen MR) is 204 cm³/mol. The van der Waals surface area contributed by atoms with Crippen LogP contribution in [0.4, 0.5) is 5.95 Å². The Hall–Kier alpha value is -4.98. The molecule has 0 spiro atoms. The molecule has 2 saturated heterocycles. The monoisotopic (exact) mass is 753 g/mol. The molecule has 13 nitrogen and oxygen atoms in total. The average molecular weight is 755 g/mol. The minimum Gasteiger partial charge on any atom is -0.496 e. The Balaban J connectivity index is 0.999. The van der Waals surface area contributed by atoms with Crippen LogP contribution in [0, 0.1) is 0 Å². The molecule has 2 fully saturated rings. The smallest absolute Gasteiger partial charge is 0.257 e. The molecule has 0 aliphatic carbocycles. The van der Waals surface area contributed by atoms with Crippen LogP contribution in [-0.4, -0.2) is 108 Å². The van der Waals surface area contributed by atoms with Crippen molar-refractivity contribution in [3.8, 4) is 11.4 Å². The van der Waals surface area contributed by atoms with Crippen molar-refractivity contribution in [3.63, 3.8) is 0 Å². The summed E-state index contributed by atoms with van der Waals surface area (Å²) in [5.41, 5.74) is 4.09. The van der Waals surface area contributed by atoms with Crippen LogP contribution in [0.1, 0.15) is 35.2 Å². The number of hydrogen-bond donors (Lipinski definition) is 0. The van der Waals surface area contributed by atoms with Gasteiger partial charge in [0.25, 0.3) is 5.91 Å². The van der Waals surface area contributed by atoms with Gasteiger partial charge >= 0.3 is 0 Å². The van der Waals surface area contributed by atoms with E-state index in [-0.39, 0.29) is 11.3 Å². The number of halogens is 2. The summed E-state index contributed by atoms with van der Waals surface area (Å²) in [5, 5.41) is 12.5. The third kappa shape index (κ3) is 7.20. The summed E-state index contributed by atoms with van der Waals surface area (Å²) < 4.78 is 11.6. The van der Waals surface area contributed by atoms with Crippen molar-refractivity contribution in [3.05, 3.63) is 107 Å². The molecule has 3 aromatic carbocycles. The third-order valence-corrected chi connectivity index (χ3v) is 11.5. The molecule has 0 radical (unpaired) electrons. The van der Waals surface area contributed by atoms with Crippen molar-refractivity contribution >= 4 is 46.1 Å². The molecule has 53 heavy (non-hydrogen) atoms. The number of carbonyl (C=O) groups excluding carboxylic acids is 1. The molecule has 6 aromatic rings. The van der Waals surface area contributed by atoms with Gasteiger partial charge in [0.1, 0.15) is 12.1 Å². The quantitative estimate of drug-likeness (QED) is 0.167. The zero-order valence-electron chi connectivity index (χ0n) is 29.6. The number of tetrazole rings is 1. The van der Waals surface area contributed by atoms with Crippen LogP contribution in [0.2, 0.25) is 10.0 Å². The second kappa shape index (κ2) is 15.2. The van der Waals surface area contributed by atoms with Crippen LogP contribution in [0.15, 0.2) is 85.7 Å². The highest BCUT2D eigenvalue weighted by molar-refractivity contribution is 6.42. The topological polar surface area (TPSA) is 115 Å². The molecule has 0 N–H and O–H groups in total. The molecule has 1 unspecified atom stereocenters. The lowest BCUT2D eigenvalue weighted by atomic mass is 9.76. The molecule has 0 bridgehead atoms. The summed E-state index contributed by atoms with van der Waals surface area (Å²) in [5.74, 6) is 1.42. The summed E-state index contributed by atoms with van der Waals surface area (Å²) in [6, 6.07) is 19.7. The Kier molecular flexibility index (Phi) is 10.0. The number of ether oxygens (including phenoxy) is 1. The van der Waals surface area contributed by atoms with E-state index in [2.05, 4.69) is 69.8 Å². The van der Waals surface area contributed by atoms with Gasteiger partial charge in [-0.25, -0.2) is 14.6 Å². The summed E-state index contributed by atoms with van der Waals surface area (Å²) >= 11 is 13.0.